The van der Waals surface area contributed by atoms with Gasteiger partial charge in [0.15, 0.2) is 11.6 Å². The number of rotatable bonds is 1. The maximum atomic E-state index is 13.2. The molecule has 2 amide bonds. The number of nitrogens with zero attached hydrogens (tertiary/aromatic N) is 2. The van der Waals surface area contributed by atoms with Gasteiger partial charge in [0, 0.05) is 25.4 Å². The zero-order valence-corrected chi connectivity index (χ0v) is 22.5. The molecule has 1 aromatic heterocycles. The number of cyclic esters (lactones) is 1. The Bertz CT molecular complexity index is 1070. The highest BCUT2D eigenvalue weighted by Crippen LogP contribution is 2.25. The summed E-state index contributed by atoms with van der Waals surface area (Å²) in [6, 6.07) is -0.743. The first-order chi connectivity index (χ1) is 18.0. The summed E-state index contributed by atoms with van der Waals surface area (Å²) in [6.07, 6.45) is 8.37. The van der Waals surface area contributed by atoms with Crippen LogP contribution in [0.4, 0.5) is 0 Å². The van der Waals surface area contributed by atoms with Crippen LogP contribution in [-0.2, 0) is 20.7 Å². The van der Waals surface area contributed by atoms with Gasteiger partial charge < -0.3 is 29.6 Å². The highest BCUT2D eigenvalue weighted by atomic mass is 16.5. The number of carbonyl (C=O) groups is 3. The number of nitrogens with one attached hydrogen (secondary N) is 1. The Morgan fingerprint density at radius 2 is 1.95 bits per heavy atom. The third kappa shape index (κ3) is 8.13. The molecule has 2 aliphatic heterocycles. The highest BCUT2D eigenvalue weighted by molar-refractivity contribution is 5.95. The van der Waals surface area contributed by atoms with E-state index in [1.165, 1.54) is 17.2 Å². The molecule has 10 heteroatoms. The fourth-order valence-corrected chi connectivity index (χ4v) is 4.77. The van der Waals surface area contributed by atoms with E-state index in [-0.39, 0.29) is 42.2 Å². The number of carbonyl (C=O) groups excluding carboxylic acids is 3. The predicted molar refractivity (Wildman–Crippen MR) is 140 cm³/mol. The lowest BCUT2D eigenvalue weighted by Crippen LogP contribution is -2.44. The summed E-state index contributed by atoms with van der Waals surface area (Å²) in [5.74, 6) is -1.29. The zero-order chi connectivity index (χ0) is 27.8. The van der Waals surface area contributed by atoms with Crippen LogP contribution >= 0.6 is 0 Å². The van der Waals surface area contributed by atoms with Crippen molar-refractivity contribution in [2.45, 2.75) is 77.7 Å². The minimum atomic E-state index is -0.947. The smallest absolute Gasteiger partial charge is 0.329 e. The molecule has 0 radical (unpaired) electrons. The van der Waals surface area contributed by atoms with E-state index in [4.69, 9.17) is 9.15 Å². The molecule has 0 aliphatic carbocycles. The van der Waals surface area contributed by atoms with Gasteiger partial charge in [0.2, 0.25) is 5.91 Å². The molecule has 38 heavy (non-hydrogen) atoms. The average molecular weight is 530 g/mol. The number of hydrogen-bond donors (Lipinski definition) is 3. The SMILES string of the molecule is CC1=C/[C@@H](O)C[C@@H](O)Cc2nc(co2)C(=O)N2CCC[C@@H]2C(=O)O[C@@H](C(C)C)[C@@H](C)/C=C\C(=O)NC/C=C\1. The maximum Gasteiger partial charge on any atom is 0.329 e. The van der Waals surface area contributed by atoms with Crippen molar-refractivity contribution in [2.24, 2.45) is 11.8 Å². The molecule has 0 aromatic carbocycles. The number of aliphatic hydroxyl groups excluding tert-OH is 2. The Labute approximate surface area is 223 Å². The van der Waals surface area contributed by atoms with Gasteiger partial charge in [-0.1, -0.05) is 50.6 Å². The van der Waals surface area contributed by atoms with Crippen LogP contribution in [0.25, 0.3) is 0 Å². The van der Waals surface area contributed by atoms with Crippen LogP contribution in [-0.4, -0.2) is 75.3 Å². The van der Waals surface area contributed by atoms with E-state index in [0.29, 0.717) is 25.9 Å². The lowest BCUT2D eigenvalue weighted by molar-refractivity contribution is -0.158. The predicted octanol–water partition coefficient (Wildman–Crippen LogP) is 2.33. The Kier molecular flexibility index (Phi) is 10.4. The Balaban J connectivity index is 1.85. The zero-order valence-electron chi connectivity index (χ0n) is 22.5. The maximum absolute atomic E-state index is 13.2. The fraction of sp³-hybridized carbons (Fsp3) is 0.571. The third-order valence-electron chi connectivity index (χ3n) is 6.69. The molecule has 2 bridgehead atoms. The minimum absolute atomic E-state index is 0.0146. The monoisotopic (exact) mass is 529 g/mol. The van der Waals surface area contributed by atoms with E-state index in [0.717, 1.165) is 5.57 Å². The molecule has 0 unspecified atom stereocenters. The Morgan fingerprint density at radius 3 is 2.68 bits per heavy atom. The van der Waals surface area contributed by atoms with Crippen LogP contribution in [0, 0.1) is 11.8 Å². The van der Waals surface area contributed by atoms with Crippen molar-refractivity contribution < 1.29 is 33.8 Å². The molecular formula is C28H39N3O7. The number of hydrogen-bond acceptors (Lipinski definition) is 8. The van der Waals surface area contributed by atoms with Crippen molar-refractivity contribution in [1.29, 1.82) is 0 Å². The van der Waals surface area contributed by atoms with E-state index in [1.807, 2.05) is 27.7 Å². The van der Waals surface area contributed by atoms with Gasteiger partial charge >= 0.3 is 5.97 Å². The Morgan fingerprint density at radius 1 is 1.18 bits per heavy atom. The summed E-state index contributed by atoms with van der Waals surface area (Å²) in [5.41, 5.74) is 0.821. The number of ether oxygens (including phenoxy) is 1. The number of allylic oxidation sites excluding steroid dienone is 2. The number of aromatic nitrogens is 1. The van der Waals surface area contributed by atoms with Crippen molar-refractivity contribution in [2.75, 3.05) is 13.1 Å². The summed E-state index contributed by atoms with van der Waals surface area (Å²) in [4.78, 5) is 44.3. The number of fused-ring (bicyclic) bond motifs is 3. The van der Waals surface area contributed by atoms with Gasteiger partial charge in [-0.05, 0) is 31.8 Å². The molecule has 1 saturated heterocycles. The van der Waals surface area contributed by atoms with E-state index in [9.17, 15) is 24.6 Å². The quantitative estimate of drug-likeness (QED) is 0.471. The van der Waals surface area contributed by atoms with Gasteiger partial charge in [0.25, 0.3) is 5.91 Å². The minimum Gasteiger partial charge on any atom is -0.460 e. The first kappa shape index (κ1) is 29.3. The Hall–Kier alpha value is -3.24. The molecular weight excluding hydrogens is 490 g/mol. The van der Waals surface area contributed by atoms with Crippen LogP contribution < -0.4 is 5.32 Å². The summed E-state index contributed by atoms with van der Waals surface area (Å²) in [6.45, 7) is 8.25. The van der Waals surface area contributed by atoms with Gasteiger partial charge in [-0.2, -0.15) is 0 Å². The molecule has 0 saturated carbocycles. The van der Waals surface area contributed by atoms with Crippen LogP contribution in [0.15, 0.2) is 46.6 Å². The van der Waals surface area contributed by atoms with E-state index in [1.54, 1.807) is 24.3 Å². The summed E-state index contributed by atoms with van der Waals surface area (Å²) >= 11 is 0. The molecule has 1 aromatic rings. The number of esters is 1. The van der Waals surface area contributed by atoms with E-state index in [2.05, 4.69) is 10.3 Å². The summed E-state index contributed by atoms with van der Waals surface area (Å²) < 4.78 is 11.3. The second-order valence-corrected chi connectivity index (χ2v) is 10.4. The van der Waals surface area contributed by atoms with Gasteiger partial charge in [-0.15, -0.1) is 0 Å². The first-order valence-electron chi connectivity index (χ1n) is 13.2. The number of oxazole rings is 1. The van der Waals surface area contributed by atoms with E-state index >= 15 is 0 Å². The molecule has 3 heterocycles. The second-order valence-electron chi connectivity index (χ2n) is 10.4. The van der Waals surface area contributed by atoms with Crippen LogP contribution in [0.1, 0.15) is 63.3 Å². The van der Waals surface area contributed by atoms with Crippen LogP contribution in [0.2, 0.25) is 0 Å². The van der Waals surface area contributed by atoms with Gasteiger partial charge in [0.05, 0.1) is 18.6 Å². The van der Waals surface area contributed by atoms with Gasteiger partial charge in [0.1, 0.15) is 18.4 Å². The topological polar surface area (TPSA) is 142 Å². The molecule has 10 nitrogen and oxygen atoms in total. The van der Waals surface area contributed by atoms with Gasteiger partial charge in [-0.25, -0.2) is 9.78 Å². The lowest BCUT2D eigenvalue weighted by Gasteiger charge is -2.29. The second kappa shape index (κ2) is 13.5. The molecule has 1 fully saturated rings. The highest BCUT2D eigenvalue weighted by Gasteiger charge is 2.38. The average Bonchev–Trinajstić information content (AvgIpc) is 3.52. The van der Waals surface area contributed by atoms with Crippen molar-refractivity contribution in [3.63, 3.8) is 0 Å². The van der Waals surface area contributed by atoms with Crippen molar-refractivity contribution in [1.82, 2.24) is 15.2 Å². The van der Waals surface area contributed by atoms with E-state index < -0.39 is 36.2 Å². The third-order valence-corrected chi connectivity index (χ3v) is 6.69. The first-order valence-corrected chi connectivity index (χ1v) is 13.2. The standard InChI is InChI=1S/C28H39N3O7/c1-17(2)26-19(4)9-10-24(34)29-11-5-7-18(3)13-20(32)14-21(33)15-25-30-22(16-37-25)27(35)31-12-6-8-23(31)28(36)38-26/h5,7,9-10,13,16-17,19-21,23,26,32-33H,6,8,11-12,14-15H2,1-4H3,(H,29,34)/b7-5-,10-9-,18-13-/t19-,20+,21+,23+,26-/m0/s1. The normalized spacial score (nSPS) is 31.7. The number of aliphatic hydroxyl groups is 2. The summed E-state index contributed by atoms with van der Waals surface area (Å²) in [7, 11) is 0. The number of amides is 2. The van der Waals surface area contributed by atoms with Crippen molar-refractivity contribution >= 4 is 17.8 Å². The molecule has 0 spiro atoms. The fourth-order valence-electron chi connectivity index (χ4n) is 4.77. The van der Waals surface area contributed by atoms with Crippen molar-refractivity contribution in [3.8, 4) is 0 Å². The van der Waals surface area contributed by atoms with Crippen LogP contribution in [0.5, 0.6) is 0 Å². The van der Waals surface area contributed by atoms with Crippen LogP contribution in [0.3, 0.4) is 0 Å². The van der Waals surface area contributed by atoms with Gasteiger partial charge in [-0.3, -0.25) is 9.59 Å². The molecule has 2 aliphatic rings. The molecule has 5 atom stereocenters. The van der Waals surface area contributed by atoms with Crippen molar-refractivity contribution in [3.05, 3.63) is 53.8 Å². The molecule has 3 N–H and O–H groups in total. The lowest BCUT2D eigenvalue weighted by atomic mass is 9.94. The largest absolute Gasteiger partial charge is 0.460 e. The summed E-state index contributed by atoms with van der Waals surface area (Å²) in [5, 5.41) is 23.5. The molecule has 3 rings (SSSR count). The molecule has 208 valence electrons.